The van der Waals surface area contributed by atoms with Gasteiger partial charge in [-0.1, -0.05) is 12.1 Å². The number of carbonyl (C=O) groups excluding carboxylic acids is 4. The third-order valence-corrected chi connectivity index (χ3v) is 3.91. The van der Waals surface area contributed by atoms with Crippen LogP contribution in [0.15, 0.2) is 34.7 Å². The van der Waals surface area contributed by atoms with E-state index in [4.69, 9.17) is 9.15 Å². The third kappa shape index (κ3) is 3.08. The normalized spacial score (nSPS) is 12.9. The average molecular weight is 357 g/mol. The van der Waals surface area contributed by atoms with Gasteiger partial charge in [0.1, 0.15) is 30.2 Å². The molecule has 1 aromatic heterocycles. The molecule has 1 aliphatic rings. The minimum Gasteiger partial charge on any atom is -0.465 e. The molecule has 0 saturated carbocycles. The van der Waals surface area contributed by atoms with E-state index in [1.165, 1.54) is 25.3 Å². The lowest BCUT2D eigenvalue weighted by Crippen LogP contribution is -2.35. The Bertz CT molecular complexity index is 877. The van der Waals surface area contributed by atoms with Crippen molar-refractivity contribution in [2.24, 2.45) is 0 Å². The van der Waals surface area contributed by atoms with Crippen LogP contribution in [0.5, 0.6) is 0 Å². The van der Waals surface area contributed by atoms with Crippen molar-refractivity contribution in [3.8, 4) is 0 Å². The highest BCUT2D eigenvalue weighted by Gasteiger charge is 2.36. The Hall–Kier alpha value is -3.42. The van der Waals surface area contributed by atoms with E-state index in [1.54, 1.807) is 19.1 Å². The van der Waals surface area contributed by atoms with E-state index in [-0.39, 0.29) is 29.1 Å². The minimum atomic E-state index is -0.770. The lowest BCUT2D eigenvalue weighted by Gasteiger charge is -2.12. The summed E-state index contributed by atoms with van der Waals surface area (Å²) in [4.78, 5) is 48.8. The lowest BCUT2D eigenvalue weighted by molar-refractivity contribution is -0.145. The summed E-state index contributed by atoms with van der Waals surface area (Å²) in [5, 5.41) is 0. The molecule has 0 radical (unpaired) electrons. The van der Waals surface area contributed by atoms with Gasteiger partial charge < -0.3 is 13.9 Å². The van der Waals surface area contributed by atoms with Crippen molar-refractivity contribution < 1.29 is 33.1 Å². The number of hydrogen-bond acceptors (Lipinski definition) is 7. The molecule has 0 saturated heterocycles. The van der Waals surface area contributed by atoms with Gasteiger partial charge in [-0.2, -0.15) is 0 Å². The van der Waals surface area contributed by atoms with Crippen molar-refractivity contribution >= 4 is 23.8 Å². The molecule has 0 spiro atoms. The Morgan fingerprint density at radius 3 is 2.31 bits per heavy atom. The predicted molar refractivity (Wildman–Crippen MR) is 86.4 cm³/mol. The van der Waals surface area contributed by atoms with Gasteiger partial charge in [0.15, 0.2) is 0 Å². The number of aryl methyl sites for hydroxylation is 1. The topological polar surface area (TPSA) is 103 Å². The Morgan fingerprint density at radius 1 is 1.12 bits per heavy atom. The van der Waals surface area contributed by atoms with E-state index in [2.05, 4.69) is 4.74 Å². The van der Waals surface area contributed by atoms with Crippen LogP contribution in [0.3, 0.4) is 0 Å². The van der Waals surface area contributed by atoms with E-state index in [1.807, 2.05) is 0 Å². The van der Waals surface area contributed by atoms with E-state index < -0.39 is 30.3 Å². The van der Waals surface area contributed by atoms with Crippen LogP contribution in [0.2, 0.25) is 0 Å². The van der Waals surface area contributed by atoms with Gasteiger partial charge in [0.25, 0.3) is 11.8 Å². The van der Waals surface area contributed by atoms with Gasteiger partial charge in [0.05, 0.1) is 18.2 Å². The van der Waals surface area contributed by atoms with E-state index in [0.717, 1.165) is 4.90 Å². The number of methoxy groups -OCH3 is 1. The monoisotopic (exact) mass is 357 g/mol. The number of fused-ring (bicyclic) bond motifs is 1. The summed E-state index contributed by atoms with van der Waals surface area (Å²) in [5.74, 6) is -1.82. The third-order valence-electron chi connectivity index (χ3n) is 3.91. The van der Waals surface area contributed by atoms with Crippen LogP contribution in [0.1, 0.15) is 42.6 Å². The quantitative estimate of drug-likeness (QED) is 0.593. The van der Waals surface area contributed by atoms with Crippen LogP contribution < -0.4 is 0 Å². The number of amides is 2. The second-order valence-electron chi connectivity index (χ2n) is 5.58. The predicted octanol–water partition coefficient (Wildman–Crippen LogP) is 1.71. The standard InChI is InChI=1S/C18H15NO7/c1-10-14(18(23)24-2)7-11(26-10)9-25-15(20)8-19-16(21)12-5-3-4-6-13(12)17(19)22/h3-7H,8-9H2,1-2H3. The highest BCUT2D eigenvalue weighted by atomic mass is 16.5. The minimum absolute atomic E-state index is 0.235. The molecule has 0 bridgehead atoms. The van der Waals surface area contributed by atoms with Crippen molar-refractivity contribution in [1.82, 2.24) is 4.90 Å². The Balaban J connectivity index is 1.61. The number of furan rings is 1. The number of imide groups is 1. The molecule has 1 aromatic carbocycles. The summed E-state index contributed by atoms with van der Waals surface area (Å²) in [5.41, 5.74) is 0.753. The number of carbonyl (C=O) groups is 4. The van der Waals surface area contributed by atoms with Crippen molar-refractivity contribution in [3.63, 3.8) is 0 Å². The van der Waals surface area contributed by atoms with Crippen molar-refractivity contribution in [2.75, 3.05) is 13.7 Å². The number of ether oxygens (including phenoxy) is 2. The first kappa shape index (κ1) is 17.4. The summed E-state index contributed by atoms with van der Waals surface area (Å²) in [6, 6.07) is 7.76. The van der Waals surface area contributed by atoms with Crippen LogP contribution >= 0.6 is 0 Å². The van der Waals surface area contributed by atoms with Crippen molar-refractivity contribution in [1.29, 1.82) is 0 Å². The van der Waals surface area contributed by atoms with Gasteiger partial charge in [-0.15, -0.1) is 0 Å². The molecule has 0 fully saturated rings. The molecule has 0 aliphatic carbocycles. The highest BCUT2D eigenvalue weighted by molar-refractivity contribution is 6.22. The van der Waals surface area contributed by atoms with E-state index in [9.17, 15) is 19.2 Å². The molecule has 26 heavy (non-hydrogen) atoms. The number of esters is 2. The van der Waals surface area contributed by atoms with Crippen LogP contribution in [-0.4, -0.2) is 42.3 Å². The van der Waals surface area contributed by atoms with Crippen molar-refractivity contribution in [2.45, 2.75) is 13.5 Å². The van der Waals surface area contributed by atoms with Gasteiger partial charge in [-0.05, 0) is 25.1 Å². The van der Waals surface area contributed by atoms with Crippen LogP contribution in [0, 0.1) is 6.92 Å². The summed E-state index contributed by atoms with van der Waals surface area (Å²) >= 11 is 0. The average Bonchev–Trinajstić information content (AvgIpc) is 3.13. The molecule has 8 heteroatoms. The first-order valence-corrected chi connectivity index (χ1v) is 7.71. The summed E-state index contributed by atoms with van der Waals surface area (Å²) in [6.07, 6.45) is 0. The Kier molecular flexibility index (Phi) is 4.57. The molecule has 0 atom stereocenters. The largest absolute Gasteiger partial charge is 0.465 e. The van der Waals surface area contributed by atoms with Gasteiger partial charge in [-0.25, -0.2) is 4.79 Å². The molecule has 134 valence electrons. The van der Waals surface area contributed by atoms with Gasteiger partial charge in [0.2, 0.25) is 0 Å². The zero-order valence-corrected chi connectivity index (χ0v) is 14.1. The zero-order chi connectivity index (χ0) is 18.8. The smallest absolute Gasteiger partial charge is 0.341 e. The molecule has 0 N–H and O–H groups in total. The summed E-state index contributed by atoms with van der Waals surface area (Å²) in [7, 11) is 1.25. The van der Waals surface area contributed by atoms with E-state index in [0.29, 0.717) is 5.76 Å². The molecule has 0 unspecified atom stereocenters. The van der Waals surface area contributed by atoms with Gasteiger partial charge in [0, 0.05) is 0 Å². The maximum atomic E-state index is 12.2. The number of benzene rings is 1. The lowest BCUT2D eigenvalue weighted by atomic mass is 10.1. The molecular weight excluding hydrogens is 342 g/mol. The fraction of sp³-hybridized carbons (Fsp3) is 0.222. The highest BCUT2D eigenvalue weighted by Crippen LogP contribution is 2.22. The number of rotatable bonds is 5. The van der Waals surface area contributed by atoms with Gasteiger partial charge in [-0.3, -0.25) is 19.3 Å². The SMILES string of the molecule is COC(=O)c1cc(COC(=O)CN2C(=O)c3ccccc3C2=O)oc1C. The molecule has 8 nitrogen and oxygen atoms in total. The fourth-order valence-electron chi connectivity index (χ4n) is 2.64. The first-order valence-electron chi connectivity index (χ1n) is 7.71. The van der Waals surface area contributed by atoms with Gasteiger partial charge >= 0.3 is 11.9 Å². The molecular formula is C18H15NO7. The van der Waals surface area contributed by atoms with Crippen molar-refractivity contribution in [3.05, 3.63) is 58.5 Å². The number of nitrogens with zero attached hydrogens (tertiary/aromatic N) is 1. The zero-order valence-electron chi connectivity index (χ0n) is 14.1. The molecule has 2 aromatic rings. The second-order valence-corrected chi connectivity index (χ2v) is 5.58. The maximum absolute atomic E-state index is 12.2. The fourth-order valence-corrected chi connectivity index (χ4v) is 2.64. The summed E-state index contributed by atoms with van der Waals surface area (Å²) < 4.78 is 15.0. The van der Waals surface area contributed by atoms with Crippen LogP contribution in [0.25, 0.3) is 0 Å². The Morgan fingerprint density at radius 2 is 1.73 bits per heavy atom. The summed E-state index contributed by atoms with van der Waals surface area (Å²) in [6.45, 7) is 0.839. The van der Waals surface area contributed by atoms with Crippen LogP contribution in [0.4, 0.5) is 0 Å². The molecule has 1 aliphatic heterocycles. The van der Waals surface area contributed by atoms with Crippen LogP contribution in [-0.2, 0) is 20.9 Å². The molecule has 2 amide bonds. The maximum Gasteiger partial charge on any atom is 0.341 e. The first-order chi connectivity index (χ1) is 12.4. The van der Waals surface area contributed by atoms with E-state index >= 15 is 0 Å². The molecule has 3 rings (SSSR count). The second kappa shape index (κ2) is 6.83. The number of hydrogen-bond donors (Lipinski definition) is 0. The Labute approximate surface area is 148 Å². The molecule has 2 heterocycles.